The fraction of sp³-hybridized carbons (Fsp3) is 0.667. The Labute approximate surface area is 127 Å². The van der Waals surface area contributed by atoms with Gasteiger partial charge in [-0.3, -0.25) is 0 Å². The van der Waals surface area contributed by atoms with Gasteiger partial charge in [0.1, 0.15) is 0 Å². The van der Waals surface area contributed by atoms with E-state index in [2.05, 4.69) is 36.5 Å². The molecule has 2 heteroatoms. The summed E-state index contributed by atoms with van der Waals surface area (Å²) in [7, 11) is 0. The summed E-state index contributed by atoms with van der Waals surface area (Å²) in [6.07, 6.45) is 8.66. The van der Waals surface area contributed by atoms with Crippen LogP contribution in [0, 0.1) is 5.92 Å². The number of nitrogens with one attached hydrogen (secondary N) is 1. The largest absolute Gasteiger partial charge is 0.313 e. The molecule has 110 valence electrons. The van der Waals surface area contributed by atoms with Crippen LogP contribution in [-0.2, 0) is 0 Å². The van der Waals surface area contributed by atoms with Gasteiger partial charge in [-0.2, -0.15) is 0 Å². The average Bonchev–Trinajstić information content (AvgIpc) is 2.70. The summed E-state index contributed by atoms with van der Waals surface area (Å²) in [5.74, 6) is 2.87. The van der Waals surface area contributed by atoms with Crippen molar-refractivity contribution < 1.29 is 0 Å². The Balaban J connectivity index is 1.52. The van der Waals surface area contributed by atoms with Crippen molar-refractivity contribution in [2.75, 3.05) is 12.3 Å². The number of rotatable bonds is 4. The Kier molecular flexibility index (Phi) is 5.06. The Morgan fingerprint density at radius 3 is 2.70 bits per heavy atom. The third-order valence-electron chi connectivity index (χ3n) is 5.09. The molecule has 0 spiro atoms. The Morgan fingerprint density at radius 1 is 1.15 bits per heavy atom. The van der Waals surface area contributed by atoms with Gasteiger partial charge in [0.15, 0.2) is 0 Å². The van der Waals surface area contributed by atoms with E-state index in [9.17, 15) is 0 Å². The average molecular weight is 289 g/mol. The maximum absolute atomic E-state index is 3.85. The SMILES string of the molecule is C[C@H](NCC1CSc2ccccc21)C1CCCCCC1. The van der Waals surface area contributed by atoms with Crippen LogP contribution >= 0.6 is 11.8 Å². The lowest BCUT2D eigenvalue weighted by Crippen LogP contribution is -2.36. The van der Waals surface area contributed by atoms with Gasteiger partial charge in [-0.1, -0.05) is 43.9 Å². The lowest BCUT2D eigenvalue weighted by Gasteiger charge is -2.25. The molecule has 0 bridgehead atoms. The highest BCUT2D eigenvalue weighted by atomic mass is 32.2. The Morgan fingerprint density at radius 2 is 1.90 bits per heavy atom. The van der Waals surface area contributed by atoms with Crippen molar-refractivity contribution in [3.63, 3.8) is 0 Å². The normalized spacial score (nSPS) is 25.1. The molecule has 20 heavy (non-hydrogen) atoms. The zero-order valence-electron chi connectivity index (χ0n) is 12.6. The van der Waals surface area contributed by atoms with E-state index < -0.39 is 0 Å². The molecular formula is C18H27NS. The molecule has 0 amide bonds. The molecule has 3 rings (SSSR count). The van der Waals surface area contributed by atoms with Crippen molar-refractivity contribution in [2.45, 2.75) is 62.3 Å². The van der Waals surface area contributed by atoms with Gasteiger partial charge < -0.3 is 5.32 Å². The minimum Gasteiger partial charge on any atom is -0.313 e. The highest BCUT2D eigenvalue weighted by Gasteiger charge is 2.24. The maximum Gasteiger partial charge on any atom is 0.0108 e. The second kappa shape index (κ2) is 7.00. The quantitative estimate of drug-likeness (QED) is 0.797. The fourth-order valence-electron chi connectivity index (χ4n) is 3.70. The highest BCUT2D eigenvalue weighted by Crippen LogP contribution is 2.39. The third kappa shape index (κ3) is 3.40. The van der Waals surface area contributed by atoms with Crippen molar-refractivity contribution in [2.24, 2.45) is 5.92 Å². The first-order valence-corrected chi connectivity index (χ1v) is 9.28. The zero-order chi connectivity index (χ0) is 13.8. The molecule has 0 saturated heterocycles. The van der Waals surface area contributed by atoms with Gasteiger partial charge in [0, 0.05) is 29.2 Å². The summed E-state index contributed by atoms with van der Waals surface area (Å²) >= 11 is 2.03. The van der Waals surface area contributed by atoms with E-state index in [0.717, 1.165) is 12.5 Å². The lowest BCUT2D eigenvalue weighted by atomic mass is 9.92. The first-order chi connectivity index (χ1) is 9.84. The van der Waals surface area contributed by atoms with Crippen LogP contribution in [0.15, 0.2) is 29.2 Å². The van der Waals surface area contributed by atoms with E-state index in [-0.39, 0.29) is 0 Å². The molecule has 1 saturated carbocycles. The molecule has 1 heterocycles. The van der Waals surface area contributed by atoms with E-state index >= 15 is 0 Å². The maximum atomic E-state index is 3.85. The molecule has 1 nitrogen and oxygen atoms in total. The molecular weight excluding hydrogens is 262 g/mol. The molecule has 1 fully saturated rings. The van der Waals surface area contributed by atoms with Crippen LogP contribution in [0.3, 0.4) is 0 Å². The second-order valence-corrected chi connectivity index (χ2v) is 7.56. The van der Waals surface area contributed by atoms with E-state index in [1.807, 2.05) is 11.8 Å². The summed E-state index contributed by atoms with van der Waals surface area (Å²) < 4.78 is 0. The van der Waals surface area contributed by atoms with Crippen molar-refractivity contribution in [3.05, 3.63) is 29.8 Å². The van der Waals surface area contributed by atoms with E-state index in [0.29, 0.717) is 12.0 Å². The third-order valence-corrected chi connectivity index (χ3v) is 6.34. The molecule has 1 aromatic carbocycles. The number of fused-ring (bicyclic) bond motifs is 1. The second-order valence-electron chi connectivity index (χ2n) is 6.49. The molecule has 2 aliphatic rings. The van der Waals surface area contributed by atoms with Crippen molar-refractivity contribution in [3.8, 4) is 0 Å². The van der Waals surface area contributed by atoms with Crippen LogP contribution in [0.5, 0.6) is 0 Å². The van der Waals surface area contributed by atoms with E-state index in [1.54, 1.807) is 5.56 Å². The van der Waals surface area contributed by atoms with E-state index in [1.165, 1.54) is 49.2 Å². The molecule has 0 aromatic heterocycles. The van der Waals surface area contributed by atoms with Crippen LogP contribution in [0.25, 0.3) is 0 Å². The van der Waals surface area contributed by atoms with Crippen molar-refractivity contribution >= 4 is 11.8 Å². The van der Waals surface area contributed by atoms with Gasteiger partial charge in [-0.15, -0.1) is 11.8 Å². The number of hydrogen-bond donors (Lipinski definition) is 1. The fourth-order valence-corrected chi connectivity index (χ4v) is 4.96. The predicted octanol–water partition coefficient (Wildman–Crippen LogP) is 4.82. The standard InChI is InChI=1S/C18H27NS/c1-14(15-8-4-2-3-5-9-15)19-12-16-13-20-18-11-7-6-10-17(16)18/h6-7,10-11,14-16,19H,2-5,8-9,12-13H2,1H3/t14-,16?/m0/s1. The van der Waals surface area contributed by atoms with Crippen LogP contribution in [-0.4, -0.2) is 18.3 Å². The van der Waals surface area contributed by atoms with Crippen LogP contribution < -0.4 is 5.32 Å². The number of hydrogen-bond acceptors (Lipinski definition) is 2. The Bertz CT molecular complexity index is 423. The van der Waals surface area contributed by atoms with Crippen molar-refractivity contribution in [1.29, 1.82) is 0 Å². The monoisotopic (exact) mass is 289 g/mol. The van der Waals surface area contributed by atoms with Gasteiger partial charge in [-0.05, 0) is 37.3 Å². The molecule has 2 atom stereocenters. The van der Waals surface area contributed by atoms with Gasteiger partial charge >= 0.3 is 0 Å². The first kappa shape index (κ1) is 14.5. The van der Waals surface area contributed by atoms with Gasteiger partial charge in [0.25, 0.3) is 0 Å². The lowest BCUT2D eigenvalue weighted by molar-refractivity contribution is 0.334. The molecule has 0 radical (unpaired) electrons. The van der Waals surface area contributed by atoms with Crippen LogP contribution in [0.2, 0.25) is 0 Å². The van der Waals surface area contributed by atoms with Gasteiger partial charge in [0.05, 0.1) is 0 Å². The molecule has 1 unspecified atom stereocenters. The minimum atomic E-state index is 0.686. The molecule has 1 aromatic rings. The van der Waals surface area contributed by atoms with Crippen LogP contribution in [0.1, 0.15) is 56.9 Å². The summed E-state index contributed by atoms with van der Waals surface area (Å²) in [5, 5.41) is 3.85. The van der Waals surface area contributed by atoms with Crippen LogP contribution in [0.4, 0.5) is 0 Å². The molecule has 1 aliphatic carbocycles. The smallest absolute Gasteiger partial charge is 0.0108 e. The van der Waals surface area contributed by atoms with Gasteiger partial charge in [-0.25, -0.2) is 0 Å². The highest BCUT2D eigenvalue weighted by molar-refractivity contribution is 7.99. The molecule has 1 aliphatic heterocycles. The van der Waals surface area contributed by atoms with Crippen molar-refractivity contribution in [1.82, 2.24) is 5.32 Å². The summed E-state index contributed by atoms with van der Waals surface area (Å²) in [6, 6.07) is 9.63. The summed E-state index contributed by atoms with van der Waals surface area (Å²) in [5.41, 5.74) is 1.57. The van der Waals surface area contributed by atoms with E-state index in [4.69, 9.17) is 0 Å². The summed E-state index contributed by atoms with van der Waals surface area (Å²) in [6.45, 7) is 3.56. The first-order valence-electron chi connectivity index (χ1n) is 8.29. The Hall–Kier alpha value is -0.470. The summed E-state index contributed by atoms with van der Waals surface area (Å²) in [4.78, 5) is 1.50. The number of thioether (sulfide) groups is 1. The topological polar surface area (TPSA) is 12.0 Å². The minimum absolute atomic E-state index is 0.686. The zero-order valence-corrected chi connectivity index (χ0v) is 13.4. The number of benzene rings is 1. The van der Waals surface area contributed by atoms with Gasteiger partial charge in [0.2, 0.25) is 0 Å². The predicted molar refractivity (Wildman–Crippen MR) is 88.6 cm³/mol. The molecule has 1 N–H and O–H groups in total.